The van der Waals surface area contributed by atoms with Crippen molar-refractivity contribution in [2.75, 3.05) is 19.7 Å². The molecule has 0 amide bonds. The average Bonchev–Trinajstić information content (AvgIpc) is 2.95. The highest BCUT2D eigenvalue weighted by Gasteiger charge is 2.25. The molecule has 0 bridgehead atoms. The highest BCUT2D eigenvalue weighted by atomic mass is 16.5. The minimum atomic E-state index is -0.0916. The molecule has 5 nitrogen and oxygen atoms in total. The first-order chi connectivity index (χ1) is 10.2. The molecular weight excluding hydrogens is 266 g/mol. The second kappa shape index (κ2) is 6.37. The number of rotatable bonds is 4. The summed E-state index contributed by atoms with van der Waals surface area (Å²) >= 11 is 0. The molecular formula is C16H21N3O2. The normalized spacial score (nSPS) is 19.8. The maximum Gasteiger partial charge on any atom is 0.223 e. The zero-order valence-electron chi connectivity index (χ0n) is 12.6. The Kier molecular flexibility index (Phi) is 4.31. The number of ether oxygens (including phenoxy) is 1. The maximum absolute atomic E-state index is 5.76. The molecule has 1 atom stereocenters. The van der Waals surface area contributed by atoms with Crippen LogP contribution < -0.4 is 0 Å². The molecule has 0 spiro atoms. The van der Waals surface area contributed by atoms with Gasteiger partial charge in [0.05, 0.1) is 6.61 Å². The van der Waals surface area contributed by atoms with E-state index in [0.717, 1.165) is 26.1 Å². The van der Waals surface area contributed by atoms with Crippen LogP contribution in [0.4, 0.5) is 0 Å². The number of nitrogens with zero attached hydrogens (tertiary/aromatic N) is 3. The molecule has 5 heteroatoms. The summed E-state index contributed by atoms with van der Waals surface area (Å²) in [6.07, 6.45) is 0.989. The van der Waals surface area contributed by atoms with Gasteiger partial charge in [-0.1, -0.05) is 36.3 Å². The van der Waals surface area contributed by atoms with E-state index in [1.165, 1.54) is 11.1 Å². The smallest absolute Gasteiger partial charge is 0.223 e. The Bertz CT molecular complexity index is 579. The molecule has 2 aromatic rings. The molecule has 1 aliphatic heterocycles. The fraction of sp³-hybridized carbons (Fsp3) is 0.500. The van der Waals surface area contributed by atoms with Crippen molar-refractivity contribution in [1.82, 2.24) is 15.0 Å². The van der Waals surface area contributed by atoms with E-state index in [2.05, 4.69) is 46.2 Å². The van der Waals surface area contributed by atoms with Crippen LogP contribution in [0.1, 0.15) is 35.9 Å². The van der Waals surface area contributed by atoms with Gasteiger partial charge in [-0.2, -0.15) is 4.98 Å². The third kappa shape index (κ3) is 3.49. The standard InChI is InChI=1S/C16H21N3O2/c1-3-13-4-6-14(7-5-13)10-19-8-9-20-15(11-19)16-17-12(2)21-18-16/h4-7,15H,3,8-11H2,1-2H3/t15-/m0/s1. The van der Waals surface area contributed by atoms with Gasteiger partial charge in [0.25, 0.3) is 0 Å². The van der Waals surface area contributed by atoms with Gasteiger partial charge in [0, 0.05) is 26.6 Å². The lowest BCUT2D eigenvalue weighted by Gasteiger charge is -2.31. The van der Waals surface area contributed by atoms with E-state index in [4.69, 9.17) is 9.26 Å². The van der Waals surface area contributed by atoms with Gasteiger partial charge in [-0.15, -0.1) is 0 Å². The quantitative estimate of drug-likeness (QED) is 0.865. The fourth-order valence-electron chi connectivity index (χ4n) is 2.59. The third-order valence-corrected chi connectivity index (χ3v) is 3.82. The van der Waals surface area contributed by atoms with Crippen molar-refractivity contribution in [3.63, 3.8) is 0 Å². The van der Waals surface area contributed by atoms with Crippen LogP contribution in [-0.4, -0.2) is 34.7 Å². The summed E-state index contributed by atoms with van der Waals surface area (Å²) in [6.45, 7) is 7.34. The van der Waals surface area contributed by atoms with Gasteiger partial charge < -0.3 is 9.26 Å². The van der Waals surface area contributed by atoms with Crippen LogP contribution >= 0.6 is 0 Å². The predicted octanol–water partition coefficient (Wildman–Crippen LogP) is 2.51. The largest absolute Gasteiger partial charge is 0.367 e. The zero-order valence-corrected chi connectivity index (χ0v) is 12.6. The van der Waals surface area contributed by atoms with Crippen molar-refractivity contribution < 1.29 is 9.26 Å². The van der Waals surface area contributed by atoms with Gasteiger partial charge in [-0.3, -0.25) is 4.90 Å². The SMILES string of the molecule is CCc1ccc(CN2CCO[C@H](c3noc(C)n3)C2)cc1. The fourth-order valence-corrected chi connectivity index (χ4v) is 2.59. The Balaban J connectivity index is 1.62. The molecule has 2 heterocycles. The van der Waals surface area contributed by atoms with Crippen LogP contribution in [0.25, 0.3) is 0 Å². The molecule has 1 fully saturated rings. The Labute approximate surface area is 124 Å². The molecule has 21 heavy (non-hydrogen) atoms. The van der Waals surface area contributed by atoms with E-state index in [1.54, 1.807) is 6.92 Å². The summed E-state index contributed by atoms with van der Waals surface area (Å²) in [4.78, 5) is 6.64. The first kappa shape index (κ1) is 14.2. The van der Waals surface area contributed by atoms with Gasteiger partial charge in [0.15, 0.2) is 0 Å². The molecule has 1 aliphatic rings. The topological polar surface area (TPSA) is 51.4 Å². The predicted molar refractivity (Wildman–Crippen MR) is 78.8 cm³/mol. The first-order valence-electron chi connectivity index (χ1n) is 7.46. The van der Waals surface area contributed by atoms with Crippen LogP contribution in [0, 0.1) is 6.92 Å². The molecule has 0 radical (unpaired) electrons. The number of morpholine rings is 1. The molecule has 1 aromatic heterocycles. The average molecular weight is 287 g/mol. The molecule has 112 valence electrons. The van der Waals surface area contributed by atoms with Crippen molar-refractivity contribution in [2.24, 2.45) is 0 Å². The Morgan fingerprint density at radius 1 is 1.24 bits per heavy atom. The van der Waals surface area contributed by atoms with Gasteiger partial charge in [-0.25, -0.2) is 0 Å². The second-order valence-electron chi connectivity index (χ2n) is 5.44. The van der Waals surface area contributed by atoms with Crippen molar-refractivity contribution in [2.45, 2.75) is 32.9 Å². The van der Waals surface area contributed by atoms with Crippen LogP contribution in [0.2, 0.25) is 0 Å². The molecule has 0 N–H and O–H groups in total. The molecule has 0 unspecified atom stereocenters. The summed E-state index contributed by atoms with van der Waals surface area (Å²) in [5, 5.41) is 3.97. The number of aromatic nitrogens is 2. The highest BCUT2D eigenvalue weighted by Crippen LogP contribution is 2.21. The van der Waals surface area contributed by atoms with Crippen LogP contribution in [0.5, 0.6) is 0 Å². The van der Waals surface area contributed by atoms with Gasteiger partial charge in [0.1, 0.15) is 6.10 Å². The van der Waals surface area contributed by atoms with Gasteiger partial charge in [-0.05, 0) is 17.5 Å². The summed E-state index contributed by atoms with van der Waals surface area (Å²) in [6, 6.07) is 8.83. The van der Waals surface area contributed by atoms with E-state index in [1.807, 2.05) is 0 Å². The second-order valence-corrected chi connectivity index (χ2v) is 5.44. The van der Waals surface area contributed by atoms with Crippen LogP contribution in [0.3, 0.4) is 0 Å². The van der Waals surface area contributed by atoms with Crippen molar-refractivity contribution in [3.8, 4) is 0 Å². The van der Waals surface area contributed by atoms with Gasteiger partial charge in [0.2, 0.25) is 11.7 Å². The Morgan fingerprint density at radius 3 is 2.67 bits per heavy atom. The summed E-state index contributed by atoms with van der Waals surface area (Å²) in [7, 11) is 0. The lowest BCUT2D eigenvalue weighted by Crippen LogP contribution is -2.38. The third-order valence-electron chi connectivity index (χ3n) is 3.82. The number of benzene rings is 1. The summed E-state index contributed by atoms with van der Waals surface area (Å²) in [5.74, 6) is 1.24. The molecule has 0 aliphatic carbocycles. The highest BCUT2D eigenvalue weighted by molar-refractivity contribution is 5.22. The zero-order chi connectivity index (χ0) is 14.7. The molecule has 1 aromatic carbocycles. The monoisotopic (exact) mass is 287 g/mol. The maximum atomic E-state index is 5.76. The summed E-state index contributed by atoms with van der Waals surface area (Å²) < 4.78 is 10.8. The van der Waals surface area contributed by atoms with Crippen LogP contribution in [-0.2, 0) is 17.7 Å². The Hall–Kier alpha value is -1.72. The number of hydrogen-bond acceptors (Lipinski definition) is 5. The minimum Gasteiger partial charge on any atom is -0.367 e. The molecule has 0 saturated carbocycles. The van der Waals surface area contributed by atoms with E-state index in [9.17, 15) is 0 Å². The number of hydrogen-bond donors (Lipinski definition) is 0. The van der Waals surface area contributed by atoms with Crippen molar-refractivity contribution >= 4 is 0 Å². The molecule has 1 saturated heterocycles. The van der Waals surface area contributed by atoms with E-state index in [-0.39, 0.29) is 6.10 Å². The van der Waals surface area contributed by atoms with Crippen molar-refractivity contribution in [1.29, 1.82) is 0 Å². The number of aryl methyl sites for hydroxylation is 2. The van der Waals surface area contributed by atoms with E-state index < -0.39 is 0 Å². The van der Waals surface area contributed by atoms with Gasteiger partial charge >= 0.3 is 0 Å². The lowest BCUT2D eigenvalue weighted by atomic mass is 10.1. The Morgan fingerprint density at radius 2 is 2.00 bits per heavy atom. The first-order valence-corrected chi connectivity index (χ1v) is 7.46. The molecule has 3 rings (SSSR count). The van der Waals surface area contributed by atoms with E-state index in [0.29, 0.717) is 18.3 Å². The van der Waals surface area contributed by atoms with Crippen LogP contribution in [0.15, 0.2) is 28.8 Å². The summed E-state index contributed by atoms with van der Waals surface area (Å²) in [5.41, 5.74) is 2.71. The van der Waals surface area contributed by atoms with E-state index >= 15 is 0 Å². The minimum absolute atomic E-state index is 0.0916. The lowest BCUT2D eigenvalue weighted by molar-refractivity contribution is -0.0380. The van der Waals surface area contributed by atoms with Crippen molar-refractivity contribution in [3.05, 3.63) is 47.1 Å².